The van der Waals surface area contributed by atoms with Crippen LogP contribution >= 0.6 is 7.26 Å². The van der Waals surface area contributed by atoms with Gasteiger partial charge >= 0.3 is 0 Å². The van der Waals surface area contributed by atoms with E-state index in [-0.39, 0.29) is 5.91 Å². The van der Waals surface area contributed by atoms with E-state index in [1.165, 1.54) is 102 Å². The Balaban J connectivity index is 1.77. The van der Waals surface area contributed by atoms with Crippen LogP contribution in [0.4, 0.5) is 0 Å². The minimum Gasteiger partial charge on any atom is -0.508 e. The lowest BCUT2D eigenvalue weighted by Crippen LogP contribution is -2.42. The van der Waals surface area contributed by atoms with Gasteiger partial charge in [0.1, 0.15) is 17.0 Å². The van der Waals surface area contributed by atoms with Gasteiger partial charge in [0, 0.05) is 20.3 Å². The normalized spacial score (nSPS) is 21.7. The number of benzene rings is 1. The number of hydrogen-bond acceptors (Lipinski definition) is 4. The minimum absolute atomic E-state index is 0.213. The SMILES string of the molecule is COC(OC)[Si]COc1ccc(O)cc1[P+](C1CCCCC1)(C1CCCCC1)C1CCCCC1. The smallest absolute Gasteiger partial charge is 0.166 e. The maximum Gasteiger partial charge on any atom is 0.166 e. The molecule has 0 aliphatic heterocycles. The summed E-state index contributed by atoms with van der Waals surface area (Å²) in [4.78, 5) is 0. The Kier molecular flexibility index (Phi) is 10.2. The Labute approximate surface area is 210 Å². The summed E-state index contributed by atoms with van der Waals surface area (Å²) in [6.07, 6.45) is 21.4. The van der Waals surface area contributed by atoms with E-state index >= 15 is 0 Å². The first-order chi connectivity index (χ1) is 16.7. The van der Waals surface area contributed by atoms with Crippen LogP contribution in [-0.4, -0.2) is 58.0 Å². The number of hydrogen-bond donors (Lipinski definition) is 1. The lowest BCUT2D eigenvalue weighted by Gasteiger charge is -2.49. The predicted molar refractivity (Wildman–Crippen MR) is 144 cm³/mol. The van der Waals surface area contributed by atoms with E-state index in [2.05, 4.69) is 12.1 Å². The third-order valence-corrected chi connectivity index (χ3v) is 16.3. The number of aromatic hydroxyl groups is 1. The molecule has 0 aromatic heterocycles. The summed E-state index contributed by atoms with van der Waals surface area (Å²) in [6.45, 7) is 0. The fourth-order valence-corrected chi connectivity index (χ4v) is 15.6. The molecule has 3 aliphatic rings. The lowest BCUT2D eigenvalue weighted by atomic mass is 9.99. The molecule has 0 amide bonds. The maximum atomic E-state index is 10.8. The molecule has 3 fully saturated rings. The van der Waals surface area contributed by atoms with Gasteiger partial charge in [-0.3, -0.25) is 0 Å². The Bertz CT molecular complexity index is 692. The van der Waals surface area contributed by atoms with E-state index in [9.17, 15) is 5.11 Å². The van der Waals surface area contributed by atoms with E-state index in [0.29, 0.717) is 21.5 Å². The van der Waals surface area contributed by atoms with Gasteiger partial charge in [-0.15, -0.1) is 0 Å². The summed E-state index contributed by atoms with van der Waals surface area (Å²) in [7, 11) is 2.25. The Hall–Kier alpha value is -0.613. The van der Waals surface area contributed by atoms with E-state index in [4.69, 9.17) is 14.2 Å². The van der Waals surface area contributed by atoms with Crippen LogP contribution in [0.2, 0.25) is 0 Å². The first-order valence-electron chi connectivity index (χ1n) is 13.8. The molecule has 4 nitrogen and oxygen atoms in total. The van der Waals surface area contributed by atoms with Gasteiger partial charge in [0.25, 0.3) is 0 Å². The highest BCUT2D eigenvalue weighted by Crippen LogP contribution is 2.77. The molecule has 34 heavy (non-hydrogen) atoms. The highest BCUT2D eigenvalue weighted by molar-refractivity contribution is 7.85. The molecule has 1 aromatic carbocycles. The Morgan fingerprint density at radius 3 is 1.71 bits per heavy atom. The van der Waals surface area contributed by atoms with Crippen molar-refractivity contribution in [2.45, 2.75) is 119 Å². The molecule has 0 bridgehead atoms. The van der Waals surface area contributed by atoms with Crippen molar-refractivity contribution in [1.82, 2.24) is 0 Å². The van der Waals surface area contributed by atoms with Gasteiger partial charge in [0.2, 0.25) is 0 Å². The molecule has 3 saturated carbocycles. The molecule has 190 valence electrons. The van der Waals surface area contributed by atoms with Crippen molar-refractivity contribution < 1.29 is 19.3 Å². The first-order valence-corrected chi connectivity index (χ1v) is 17.1. The van der Waals surface area contributed by atoms with E-state index in [1.807, 2.05) is 6.07 Å². The van der Waals surface area contributed by atoms with Crippen LogP contribution in [0.3, 0.4) is 0 Å². The molecule has 0 spiro atoms. The van der Waals surface area contributed by atoms with E-state index in [0.717, 1.165) is 22.7 Å². The zero-order valence-corrected chi connectivity index (χ0v) is 23.4. The summed E-state index contributed by atoms with van der Waals surface area (Å²) in [5.74, 6) is 1.25. The highest BCUT2D eigenvalue weighted by atomic mass is 31.2. The molecule has 0 atom stereocenters. The fraction of sp³-hybridized carbons (Fsp3) is 0.786. The molecule has 2 radical (unpaired) electrons. The molecule has 0 unspecified atom stereocenters. The second-order valence-corrected chi connectivity index (χ2v) is 16.2. The second kappa shape index (κ2) is 13.1. The van der Waals surface area contributed by atoms with Crippen LogP contribution in [0.1, 0.15) is 96.3 Å². The van der Waals surface area contributed by atoms with Crippen LogP contribution in [0.15, 0.2) is 18.2 Å². The molecule has 4 rings (SSSR count). The quantitative estimate of drug-likeness (QED) is 0.220. The van der Waals surface area contributed by atoms with Gasteiger partial charge in [-0.2, -0.15) is 0 Å². The molecule has 0 saturated heterocycles. The Morgan fingerprint density at radius 1 is 0.794 bits per heavy atom. The highest BCUT2D eigenvalue weighted by Gasteiger charge is 2.60. The van der Waals surface area contributed by atoms with Crippen LogP contribution in [-0.2, 0) is 9.47 Å². The van der Waals surface area contributed by atoms with Crippen molar-refractivity contribution in [3.8, 4) is 11.5 Å². The van der Waals surface area contributed by atoms with Gasteiger partial charge in [-0.05, 0) is 89.2 Å². The van der Waals surface area contributed by atoms with Gasteiger partial charge in [0.15, 0.2) is 15.3 Å². The summed E-state index contributed by atoms with van der Waals surface area (Å²) in [5, 5.41) is 12.2. The van der Waals surface area contributed by atoms with Crippen molar-refractivity contribution in [3.05, 3.63) is 18.2 Å². The summed E-state index contributed by atoms with van der Waals surface area (Å²) >= 11 is 0. The number of phenols is 1. The van der Waals surface area contributed by atoms with Gasteiger partial charge in [-0.25, -0.2) is 0 Å². The van der Waals surface area contributed by atoms with Crippen molar-refractivity contribution in [2.75, 3.05) is 20.4 Å². The largest absolute Gasteiger partial charge is 0.508 e. The van der Waals surface area contributed by atoms with Crippen molar-refractivity contribution in [1.29, 1.82) is 0 Å². The molecule has 3 aliphatic carbocycles. The molecular formula is C28H46O4PSi+. The van der Waals surface area contributed by atoms with E-state index in [1.54, 1.807) is 14.2 Å². The van der Waals surface area contributed by atoms with Crippen LogP contribution in [0, 0.1) is 0 Å². The van der Waals surface area contributed by atoms with Gasteiger partial charge in [0.05, 0.1) is 30.5 Å². The number of rotatable bonds is 10. The van der Waals surface area contributed by atoms with Crippen molar-refractivity contribution in [3.63, 3.8) is 0 Å². The van der Waals surface area contributed by atoms with Crippen molar-refractivity contribution in [2.24, 2.45) is 0 Å². The number of phenolic OH excluding ortho intramolecular Hbond substituents is 1. The van der Waals surface area contributed by atoms with Crippen LogP contribution in [0.25, 0.3) is 0 Å². The summed E-state index contributed by atoms with van der Waals surface area (Å²) in [6, 6.07) is 6.07. The van der Waals surface area contributed by atoms with Crippen LogP contribution in [0.5, 0.6) is 11.5 Å². The van der Waals surface area contributed by atoms with Gasteiger partial charge < -0.3 is 19.3 Å². The van der Waals surface area contributed by atoms with E-state index < -0.39 is 7.26 Å². The molecule has 0 heterocycles. The molecule has 1 N–H and O–H groups in total. The average Bonchev–Trinajstić information content (AvgIpc) is 2.90. The first kappa shape index (κ1) is 26.4. The van der Waals surface area contributed by atoms with Gasteiger partial charge in [-0.1, -0.05) is 19.3 Å². The molecule has 1 aromatic rings. The topological polar surface area (TPSA) is 47.9 Å². The fourth-order valence-electron chi connectivity index (χ4n) is 7.39. The lowest BCUT2D eigenvalue weighted by molar-refractivity contribution is -0.0450. The monoisotopic (exact) mass is 505 g/mol. The zero-order chi connectivity index (χ0) is 23.8. The third kappa shape index (κ3) is 5.85. The Morgan fingerprint density at radius 2 is 1.26 bits per heavy atom. The summed E-state index contributed by atoms with van der Waals surface area (Å²) in [5.41, 5.74) is 2.43. The third-order valence-electron chi connectivity index (χ3n) is 8.80. The van der Waals surface area contributed by atoms with Crippen molar-refractivity contribution >= 4 is 22.1 Å². The second-order valence-electron chi connectivity index (χ2n) is 10.7. The number of methoxy groups -OCH3 is 2. The molecular weight excluding hydrogens is 459 g/mol. The number of ether oxygens (including phenoxy) is 3. The predicted octanol–water partition coefficient (Wildman–Crippen LogP) is 6.65. The minimum atomic E-state index is -1.56. The standard InChI is InChI=1S/C28H45O4PSi/c1-30-28(31-2)34-21-32-26-19-18-22(29)20-27(26)33(23-12-6-3-7-13-23,24-14-8-4-9-15-24)25-16-10-5-11-17-25/h18-20,23-25,28H,3-17,21H2,1-2H3/p+1. The maximum absolute atomic E-state index is 10.8. The molecule has 6 heteroatoms. The average molecular weight is 506 g/mol. The zero-order valence-electron chi connectivity index (χ0n) is 21.5. The summed E-state index contributed by atoms with van der Waals surface area (Å²) < 4.78 is 17.4. The van der Waals surface area contributed by atoms with Crippen LogP contribution < -0.4 is 10.0 Å².